The molecule has 1 aromatic carbocycles. The van der Waals surface area contributed by atoms with Crippen LogP contribution in [0.2, 0.25) is 10.0 Å². The van der Waals surface area contributed by atoms with Gasteiger partial charge in [0.15, 0.2) is 0 Å². The van der Waals surface area contributed by atoms with Gasteiger partial charge >= 0.3 is 6.09 Å². The van der Waals surface area contributed by atoms with Gasteiger partial charge in [-0.2, -0.15) is 4.68 Å². The fourth-order valence-electron chi connectivity index (χ4n) is 2.75. The van der Waals surface area contributed by atoms with Crippen LogP contribution in [0, 0.1) is 0 Å². The van der Waals surface area contributed by atoms with E-state index >= 15 is 0 Å². The molecule has 8 heteroatoms. The topological polar surface area (TPSA) is 79.2 Å². The van der Waals surface area contributed by atoms with Crippen molar-refractivity contribution in [2.75, 3.05) is 12.8 Å². The van der Waals surface area contributed by atoms with Gasteiger partial charge in [0.1, 0.15) is 5.82 Å². The van der Waals surface area contributed by atoms with Gasteiger partial charge in [-0.15, -0.1) is 0 Å². The molecule has 1 aromatic heterocycles. The molecule has 0 radical (unpaired) electrons. The minimum Gasteiger partial charge on any atom is -0.451 e. The van der Waals surface area contributed by atoms with E-state index in [1.807, 2.05) is 13.8 Å². The first-order valence-corrected chi connectivity index (χ1v) is 8.30. The second kappa shape index (κ2) is 7.32. The lowest BCUT2D eigenvalue weighted by molar-refractivity contribution is 0.161. The number of carbonyl (C=O) groups is 1. The number of nitrogens with zero attached hydrogens (tertiary/aromatic N) is 2. The molecule has 0 aliphatic heterocycles. The summed E-state index contributed by atoms with van der Waals surface area (Å²) in [6.07, 6.45) is 0.546. The van der Waals surface area contributed by atoms with Crippen molar-refractivity contribution in [3.63, 3.8) is 0 Å². The van der Waals surface area contributed by atoms with Gasteiger partial charge < -0.3 is 10.5 Å². The van der Waals surface area contributed by atoms with Crippen LogP contribution in [0.5, 0.6) is 0 Å². The van der Waals surface area contributed by atoms with Gasteiger partial charge in [0.2, 0.25) is 0 Å². The molecule has 24 heavy (non-hydrogen) atoms. The number of benzene rings is 1. The fraction of sp³-hybridized carbons (Fsp3) is 0.375. The van der Waals surface area contributed by atoms with E-state index in [1.54, 1.807) is 18.2 Å². The lowest BCUT2D eigenvalue weighted by atomic mass is 10.1. The first-order valence-electron chi connectivity index (χ1n) is 7.54. The van der Waals surface area contributed by atoms with Crippen LogP contribution in [-0.4, -0.2) is 22.6 Å². The zero-order valence-corrected chi connectivity index (χ0v) is 15.2. The van der Waals surface area contributed by atoms with Crippen molar-refractivity contribution < 1.29 is 9.53 Å². The van der Waals surface area contributed by atoms with Gasteiger partial charge in [0.05, 0.1) is 28.8 Å². The summed E-state index contributed by atoms with van der Waals surface area (Å²) in [5.74, 6) is -0.0475. The van der Waals surface area contributed by atoms with Crippen molar-refractivity contribution >= 4 is 35.1 Å². The number of anilines is 1. The molecule has 0 amide bonds. The summed E-state index contributed by atoms with van der Waals surface area (Å²) in [4.78, 5) is 25.2. The normalized spacial score (nSPS) is 11.1. The highest BCUT2D eigenvalue weighted by molar-refractivity contribution is 6.39. The number of hydrogen-bond acceptors (Lipinski definition) is 4. The van der Waals surface area contributed by atoms with E-state index in [0.717, 1.165) is 4.68 Å². The summed E-state index contributed by atoms with van der Waals surface area (Å²) >= 11 is 12.4. The van der Waals surface area contributed by atoms with Gasteiger partial charge in [0, 0.05) is 5.56 Å². The molecule has 0 atom stereocenters. The Balaban J connectivity index is 2.90. The molecule has 0 aliphatic rings. The number of carbonyl (C=O) groups excluding carboxylic acids is 1. The summed E-state index contributed by atoms with van der Waals surface area (Å²) in [5, 5.41) is 0.565. The monoisotopic (exact) mass is 371 g/mol. The molecule has 6 nitrogen and oxygen atoms in total. The average Bonchev–Trinajstić information content (AvgIpc) is 2.80. The Hall–Kier alpha value is -1.92. The molecule has 0 saturated heterocycles. The van der Waals surface area contributed by atoms with Crippen LogP contribution in [0.3, 0.4) is 0 Å². The zero-order valence-electron chi connectivity index (χ0n) is 13.7. The number of nitrogen functional groups attached to an aromatic ring is 1. The fourth-order valence-corrected chi connectivity index (χ4v) is 3.33. The maximum atomic E-state index is 13.0. The quantitative estimate of drug-likeness (QED) is 0.873. The maximum absolute atomic E-state index is 13.0. The first kappa shape index (κ1) is 18.4. The van der Waals surface area contributed by atoms with Crippen molar-refractivity contribution in [3.8, 4) is 11.1 Å². The standard InChI is InChI=1S/C16H19Cl2N3O3/c1-4-9(5-2)20-15(22)13(14(19)21(20)16(23)24-3)12-10(17)7-6-8-11(12)18/h6-9H,4-5,19H2,1-3H3. The Morgan fingerprint density at radius 1 is 1.21 bits per heavy atom. The number of halogens is 2. The predicted molar refractivity (Wildman–Crippen MR) is 96.0 cm³/mol. The smallest absolute Gasteiger partial charge is 0.434 e. The van der Waals surface area contributed by atoms with Gasteiger partial charge in [-0.1, -0.05) is 43.1 Å². The molecular formula is C16H19Cl2N3O3. The van der Waals surface area contributed by atoms with Crippen molar-refractivity contribution in [3.05, 3.63) is 38.6 Å². The van der Waals surface area contributed by atoms with Crippen LogP contribution in [0.1, 0.15) is 32.7 Å². The van der Waals surface area contributed by atoms with Crippen LogP contribution < -0.4 is 11.3 Å². The van der Waals surface area contributed by atoms with E-state index in [2.05, 4.69) is 0 Å². The van der Waals surface area contributed by atoms with Gasteiger partial charge in [-0.05, 0) is 25.0 Å². The molecule has 2 rings (SSSR count). The van der Waals surface area contributed by atoms with E-state index in [9.17, 15) is 9.59 Å². The van der Waals surface area contributed by atoms with Crippen molar-refractivity contribution in [1.82, 2.24) is 9.36 Å². The molecule has 2 N–H and O–H groups in total. The molecule has 0 spiro atoms. The Bertz CT molecular complexity index is 802. The lowest BCUT2D eigenvalue weighted by Gasteiger charge is -2.18. The Labute approximate surface area is 149 Å². The summed E-state index contributed by atoms with van der Waals surface area (Å²) in [6, 6.07) is 4.67. The van der Waals surface area contributed by atoms with Crippen molar-refractivity contribution in [2.24, 2.45) is 0 Å². The molecule has 0 bridgehead atoms. The zero-order chi connectivity index (χ0) is 18.0. The summed E-state index contributed by atoms with van der Waals surface area (Å²) < 4.78 is 7.15. The van der Waals surface area contributed by atoms with Crippen LogP contribution in [-0.2, 0) is 4.74 Å². The number of methoxy groups -OCH3 is 1. The number of hydrogen-bond donors (Lipinski definition) is 1. The summed E-state index contributed by atoms with van der Waals surface area (Å²) in [5.41, 5.74) is 6.10. The molecule has 1 heterocycles. The molecule has 0 unspecified atom stereocenters. The van der Waals surface area contributed by atoms with Crippen molar-refractivity contribution in [2.45, 2.75) is 32.7 Å². The third-order valence-corrected chi connectivity index (χ3v) is 4.60. The number of rotatable bonds is 4. The van der Waals surface area contributed by atoms with Crippen LogP contribution >= 0.6 is 23.2 Å². The second-order valence-electron chi connectivity index (χ2n) is 5.26. The molecular weight excluding hydrogens is 353 g/mol. The van der Waals surface area contributed by atoms with E-state index in [4.69, 9.17) is 33.7 Å². The SMILES string of the molecule is CCC(CC)n1c(=O)c(-c2c(Cl)cccc2Cl)c(N)n1C(=O)OC. The third kappa shape index (κ3) is 2.91. The van der Waals surface area contributed by atoms with Gasteiger partial charge in [-0.25, -0.2) is 9.48 Å². The molecule has 130 valence electrons. The van der Waals surface area contributed by atoms with Crippen LogP contribution in [0.25, 0.3) is 11.1 Å². The maximum Gasteiger partial charge on any atom is 0.434 e. The minimum atomic E-state index is -0.745. The Kier molecular flexibility index (Phi) is 5.62. The summed E-state index contributed by atoms with van der Waals surface area (Å²) in [7, 11) is 1.23. The van der Waals surface area contributed by atoms with Crippen molar-refractivity contribution in [1.29, 1.82) is 0 Å². The molecule has 2 aromatic rings. The molecule has 0 aliphatic carbocycles. The highest BCUT2D eigenvalue weighted by Gasteiger charge is 2.29. The van der Waals surface area contributed by atoms with Gasteiger partial charge in [0.25, 0.3) is 5.56 Å². The number of aromatic nitrogens is 2. The van der Waals surface area contributed by atoms with E-state index in [1.165, 1.54) is 11.8 Å². The summed E-state index contributed by atoms with van der Waals surface area (Å²) in [6.45, 7) is 3.85. The highest BCUT2D eigenvalue weighted by atomic mass is 35.5. The number of ether oxygens (including phenoxy) is 1. The van der Waals surface area contributed by atoms with E-state index < -0.39 is 11.7 Å². The highest BCUT2D eigenvalue weighted by Crippen LogP contribution is 2.36. The van der Waals surface area contributed by atoms with E-state index in [-0.39, 0.29) is 27.5 Å². The largest absolute Gasteiger partial charge is 0.451 e. The van der Waals surface area contributed by atoms with Gasteiger partial charge in [-0.3, -0.25) is 4.79 Å². The predicted octanol–water partition coefficient (Wildman–Crippen LogP) is 4.18. The second-order valence-corrected chi connectivity index (χ2v) is 6.07. The Morgan fingerprint density at radius 3 is 2.21 bits per heavy atom. The van der Waals surface area contributed by atoms with Crippen LogP contribution in [0.4, 0.5) is 10.6 Å². The first-order chi connectivity index (χ1) is 11.4. The average molecular weight is 372 g/mol. The minimum absolute atomic E-state index is 0.0475. The lowest BCUT2D eigenvalue weighted by Crippen LogP contribution is -2.31. The Morgan fingerprint density at radius 2 is 1.75 bits per heavy atom. The number of nitrogens with two attached hydrogens (primary N) is 1. The third-order valence-electron chi connectivity index (χ3n) is 3.97. The molecule has 0 fully saturated rings. The molecule has 0 saturated carbocycles. The van der Waals surface area contributed by atoms with Crippen LogP contribution in [0.15, 0.2) is 23.0 Å². The van der Waals surface area contributed by atoms with E-state index in [0.29, 0.717) is 18.4 Å².